The molecule has 0 spiro atoms. The van der Waals surface area contributed by atoms with Gasteiger partial charge in [0.2, 0.25) is 0 Å². The molecule has 1 N–H and O–H groups in total. The molecule has 82 valence electrons. The van der Waals surface area contributed by atoms with E-state index in [2.05, 4.69) is 62.5 Å². The molecule has 0 amide bonds. The van der Waals surface area contributed by atoms with E-state index in [1.54, 1.807) is 11.3 Å². The summed E-state index contributed by atoms with van der Waals surface area (Å²) in [7, 11) is 0. The average Bonchev–Trinajstić information content (AvgIpc) is 2.97. The highest BCUT2D eigenvalue weighted by Gasteiger charge is 2.21. The van der Waals surface area contributed by atoms with Gasteiger partial charge in [0.1, 0.15) is 0 Å². The first-order valence-corrected chi connectivity index (χ1v) is 7.25. The predicted molar refractivity (Wildman–Crippen MR) is 76.9 cm³/mol. The van der Waals surface area contributed by atoms with Crippen molar-refractivity contribution in [2.45, 2.75) is 18.9 Å². The molecule has 0 atom stereocenters. The largest absolute Gasteiger partial charge is 0.359 e. The molecule has 2 nitrogen and oxygen atoms in total. The molecule has 0 bridgehead atoms. The summed E-state index contributed by atoms with van der Waals surface area (Å²) in [5, 5.41) is 6.59. The summed E-state index contributed by atoms with van der Waals surface area (Å²) in [4.78, 5) is 4.60. The zero-order chi connectivity index (χ0) is 11.0. The Kier molecular flexibility index (Phi) is 2.85. The SMILES string of the molecule is Ic1ccc(-c2csc(NC3CC3)n2)cc1. The molecule has 1 aromatic heterocycles. The number of aromatic nitrogens is 1. The first kappa shape index (κ1) is 10.5. The molecule has 1 fully saturated rings. The Labute approximate surface area is 112 Å². The fraction of sp³-hybridized carbons (Fsp3) is 0.250. The van der Waals surface area contributed by atoms with Crippen LogP contribution in [0.5, 0.6) is 0 Å². The zero-order valence-electron chi connectivity index (χ0n) is 8.61. The van der Waals surface area contributed by atoms with Gasteiger partial charge in [-0.05, 0) is 47.6 Å². The van der Waals surface area contributed by atoms with Gasteiger partial charge in [-0.3, -0.25) is 0 Å². The molecule has 1 aliphatic carbocycles. The molecule has 3 rings (SSSR count). The standard InChI is InChI=1S/C12H11IN2S/c13-9-3-1-8(2-4-9)11-7-16-12(15-11)14-10-5-6-10/h1-4,7,10H,5-6H2,(H,14,15). The van der Waals surface area contributed by atoms with Crippen molar-refractivity contribution < 1.29 is 0 Å². The summed E-state index contributed by atoms with van der Waals surface area (Å²) in [6.07, 6.45) is 2.58. The highest BCUT2D eigenvalue weighted by atomic mass is 127. The molecule has 0 saturated heterocycles. The Hall–Kier alpha value is -0.620. The number of hydrogen-bond acceptors (Lipinski definition) is 3. The number of benzene rings is 1. The Morgan fingerprint density at radius 2 is 2.00 bits per heavy atom. The van der Waals surface area contributed by atoms with Crippen LogP contribution in [0.4, 0.5) is 5.13 Å². The van der Waals surface area contributed by atoms with E-state index >= 15 is 0 Å². The Balaban J connectivity index is 1.82. The number of hydrogen-bond donors (Lipinski definition) is 1. The maximum atomic E-state index is 4.60. The normalized spacial score (nSPS) is 15.1. The number of thiazole rings is 1. The van der Waals surface area contributed by atoms with E-state index in [1.165, 1.54) is 22.0 Å². The Morgan fingerprint density at radius 1 is 1.25 bits per heavy atom. The number of nitrogens with one attached hydrogen (secondary N) is 1. The molecular weight excluding hydrogens is 331 g/mol. The van der Waals surface area contributed by atoms with E-state index in [0.717, 1.165) is 10.8 Å². The smallest absolute Gasteiger partial charge is 0.183 e. The van der Waals surface area contributed by atoms with Crippen LogP contribution >= 0.6 is 33.9 Å². The maximum absolute atomic E-state index is 4.60. The summed E-state index contributed by atoms with van der Waals surface area (Å²) < 4.78 is 1.26. The Morgan fingerprint density at radius 3 is 2.69 bits per heavy atom. The molecule has 0 unspecified atom stereocenters. The van der Waals surface area contributed by atoms with Crippen molar-refractivity contribution in [2.75, 3.05) is 5.32 Å². The molecule has 4 heteroatoms. The van der Waals surface area contributed by atoms with Gasteiger partial charge < -0.3 is 5.32 Å². The van der Waals surface area contributed by atoms with E-state index in [1.807, 2.05) is 0 Å². The van der Waals surface area contributed by atoms with Crippen molar-refractivity contribution in [1.82, 2.24) is 4.98 Å². The van der Waals surface area contributed by atoms with Crippen LogP contribution in [-0.4, -0.2) is 11.0 Å². The third-order valence-electron chi connectivity index (χ3n) is 2.55. The second-order valence-electron chi connectivity index (χ2n) is 3.96. The van der Waals surface area contributed by atoms with Crippen molar-refractivity contribution in [1.29, 1.82) is 0 Å². The molecule has 2 aromatic rings. The summed E-state index contributed by atoms with van der Waals surface area (Å²) in [5.74, 6) is 0. The van der Waals surface area contributed by atoms with Crippen molar-refractivity contribution in [3.05, 3.63) is 33.2 Å². The van der Waals surface area contributed by atoms with Crippen LogP contribution in [0.15, 0.2) is 29.6 Å². The molecule has 0 radical (unpaired) electrons. The fourth-order valence-electron chi connectivity index (χ4n) is 1.50. The second kappa shape index (κ2) is 4.33. The minimum Gasteiger partial charge on any atom is -0.359 e. The molecule has 1 saturated carbocycles. The third kappa shape index (κ3) is 2.38. The molecular formula is C12H11IN2S. The average molecular weight is 342 g/mol. The lowest BCUT2D eigenvalue weighted by Gasteiger charge is -1.98. The van der Waals surface area contributed by atoms with Crippen molar-refractivity contribution >= 4 is 39.1 Å². The van der Waals surface area contributed by atoms with E-state index in [-0.39, 0.29) is 0 Å². The summed E-state index contributed by atoms with van der Waals surface area (Å²) in [5.41, 5.74) is 2.27. The third-order valence-corrected chi connectivity index (χ3v) is 4.04. The van der Waals surface area contributed by atoms with Gasteiger partial charge in [-0.15, -0.1) is 11.3 Å². The molecule has 0 aliphatic heterocycles. The van der Waals surface area contributed by atoms with Crippen LogP contribution < -0.4 is 5.32 Å². The summed E-state index contributed by atoms with van der Waals surface area (Å²) in [6, 6.07) is 9.15. The van der Waals surface area contributed by atoms with Gasteiger partial charge in [-0.25, -0.2) is 4.98 Å². The molecule has 1 heterocycles. The van der Waals surface area contributed by atoms with E-state index in [9.17, 15) is 0 Å². The lowest BCUT2D eigenvalue weighted by molar-refractivity contribution is 1.14. The number of nitrogens with zero attached hydrogens (tertiary/aromatic N) is 1. The molecule has 16 heavy (non-hydrogen) atoms. The Bertz CT molecular complexity index is 488. The van der Waals surface area contributed by atoms with Crippen LogP contribution in [0.3, 0.4) is 0 Å². The van der Waals surface area contributed by atoms with E-state index < -0.39 is 0 Å². The molecule has 1 aromatic carbocycles. The highest BCUT2D eigenvalue weighted by Crippen LogP contribution is 2.29. The number of rotatable bonds is 3. The van der Waals surface area contributed by atoms with Gasteiger partial charge in [-0.1, -0.05) is 12.1 Å². The second-order valence-corrected chi connectivity index (χ2v) is 6.07. The summed E-state index contributed by atoms with van der Waals surface area (Å²) >= 11 is 4.01. The maximum Gasteiger partial charge on any atom is 0.183 e. The van der Waals surface area contributed by atoms with Gasteiger partial charge in [0.15, 0.2) is 5.13 Å². The van der Waals surface area contributed by atoms with Crippen molar-refractivity contribution in [2.24, 2.45) is 0 Å². The first-order valence-electron chi connectivity index (χ1n) is 5.29. The quantitative estimate of drug-likeness (QED) is 0.854. The van der Waals surface area contributed by atoms with Gasteiger partial charge in [0.25, 0.3) is 0 Å². The van der Waals surface area contributed by atoms with Gasteiger partial charge in [0, 0.05) is 20.6 Å². The van der Waals surface area contributed by atoms with Crippen molar-refractivity contribution in [3.8, 4) is 11.3 Å². The topological polar surface area (TPSA) is 24.9 Å². The number of halogens is 1. The van der Waals surface area contributed by atoms with Crippen molar-refractivity contribution in [3.63, 3.8) is 0 Å². The van der Waals surface area contributed by atoms with Crippen LogP contribution in [0, 0.1) is 3.57 Å². The first-order chi connectivity index (χ1) is 7.81. The van der Waals surface area contributed by atoms with Crippen LogP contribution in [0.25, 0.3) is 11.3 Å². The van der Waals surface area contributed by atoms with Crippen LogP contribution in [-0.2, 0) is 0 Å². The monoisotopic (exact) mass is 342 g/mol. The van der Waals surface area contributed by atoms with E-state index in [4.69, 9.17) is 0 Å². The number of anilines is 1. The minimum absolute atomic E-state index is 0.677. The van der Waals surface area contributed by atoms with Crippen LogP contribution in [0.2, 0.25) is 0 Å². The fourth-order valence-corrected chi connectivity index (χ4v) is 2.65. The van der Waals surface area contributed by atoms with Gasteiger partial charge >= 0.3 is 0 Å². The van der Waals surface area contributed by atoms with E-state index in [0.29, 0.717) is 6.04 Å². The zero-order valence-corrected chi connectivity index (χ0v) is 11.6. The summed E-state index contributed by atoms with van der Waals surface area (Å²) in [6.45, 7) is 0. The lowest BCUT2D eigenvalue weighted by atomic mass is 10.2. The highest BCUT2D eigenvalue weighted by molar-refractivity contribution is 14.1. The van der Waals surface area contributed by atoms with Gasteiger partial charge in [0.05, 0.1) is 5.69 Å². The van der Waals surface area contributed by atoms with Crippen LogP contribution in [0.1, 0.15) is 12.8 Å². The minimum atomic E-state index is 0.677. The molecule has 1 aliphatic rings. The van der Waals surface area contributed by atoms with Gasteiger partial charge in [-0.2, -0.15) is 0 Å². The lowest BCUT2D eigenvalue weighted by Crippen LogP contribution is -1.99. The predicted octanol–water partition coefficient (Wildman–Crippen LogP) is 3.99.